The van der Waals surface area contributed by atoms with Crippen molar-refractivity contribution in [1.29, 1.82) is 0 Å². The van der Waals surface area contributed by atoms with Crippen molar-refractivity contribution >= 4 is 17.6 Å². The van der Waals surface area contributed by atoms with E-state index in [0.717, 1.165) is 12.0 Å². The smallest absolute Gasteiger partial charge is 0.314 e. The molecule has 1 heterocycles. The predicted octanol–water partition coefficient (Wildman–Crippen LogP) is 4.23. The average Bonchev–Trinajstić information content (AvgIpc) is 3.21. The van der Waals surface area contributed by atoms with Gasteiger partial charge >= 0.3 is 11.8 Å². The number of aryl methyl sites for hydroxylation is 1. The van der Waals surface area contributed by atoms with Crippen molar-refractivity contribution in [3.8, 4) is 0 Å². The zero-order valence-corrected chi connectivity index (χ0v) is 16.6. The van der Waals surface area contributed by atoms with Gasteiger partial charge in [0, 0.05) is 12.0 Å². The largest absolute Gasteiger partial charge is 0.359 e. The molecule has 1 atom stereocenters. The van der Waals surface area contributed by atoms with Gasteiger partial charge in [-0.05, 0) is 24.0 Å². The fraction of sp³-hybridized carbons (Fsp3) is 0.261. The van der Waals surface area contributed by atoms with E-state index in [4.69, 9.17) is 4.52 Å². The van der Waals surface area contributed by atoms with Crippen molar-refractivity contribution in [3.05, 3.63) is 83.6 Å². The zero-order chi connectivity index (χ0) is 20.6. The van der Waals surface area contributed by atoms with E-state index < -0.39 is 11.8 Å². The number of carbonyl (C=O) groups is 2. The van der Waals surface area contributed by atoms with Gasteiger partial charge in [-0.1, -0.05) is 79.7 Å². The minimum Gasteiger partial charge on any atom is -0.359 e. The molecule has 2 aromatic carbocycles. The van der Waals surface area contributed by atoms with Crippen LogP contribution in [0.5, 0.6) is 0 Å². The quantitative estimate of drug-likeness (QED) is 0.591. The Morgan fingerprint density at radius 3 is 2.24 bits per heavy atom. The lowest BCUT2D eigenvalue weighted by Gasteiger charge is -2.19. The van der Waals surface area contributed by atoms with E-state index in [1.807, 2.05) is 74.5 Å². The highest BCUT2D eigenvalue weighted by atomic mass is 16.5. The van der Waals surface area contributed by atoms with Gasteiger partial charge in [0.25, 0.3) is 0 Å². The number of carbonyl (C=O) groups excluding carboxylic acids is 2. The van der Waals surface area contributed by atoms with Crippen LogP contribution in [0.1, 0.15) is 49.1 Å². The van der Waals surface area contributed by atoms with E-state index in [2.05, 4.69) is 15.8 Å². The van der Waals surface area contributed by atoms with Gasteiger partial charge in [-0.3, -0.25) is 14.9 Å². The summed E-state index contributed by atoms with van der Waals surface area (Å²) < 4.78 is 5.15. The van der Waals surface area contributed by atoms with Crippen molar-refractivity contribution in [3.63, 3.8) is 0 Å². The fourth-order valence-corrected chi connectivity index (χ4v) is 2.98. The number of rotatable bonds is 7. The summed E-state index contributed by atoms with van der Waals surface area (Å²) in [5.41, 5.74) is 2.13. The van der Waals surface area contributed by atoms with Gasteiger partial charge in [0.2, 0.25) is 0 Å². The van der Waals surface area contributed by atoms with Crippen LogP contribution >= 0.6 is 0 Å². The molecule has 3 aromatic rings. The molecule has 0 unspecified atom stereocenters. The SMILES string of the molecule is CC(C)c1cc(NC(=O)C(=O)N[C@@H](CCc2ccccc2)c2ccccc2)no1. The molecule has 29 heavy (non-hydrogen) atoms. The van der Waals surface area contributed by atoms with Gasteiger partial charge in [0.1, 0.15) is 5.76 Å². The Balaban J connectivity index is 1.65. The van der Waals surface area contributed by atoms with Crippen LogP contribution in [0, 0.1) is 0 Å². The van der Waals surface area contributed by atoms with E-state index in [1.165, 1.54) is 5.56 Å². The number of nitrogens with zero attached hydrogens (tertiary/aromatic N) is 1. The third kappa shape index (κ3) is 5.78. The lowest BCUT2D eigenvalue weighted by atomic mass is 9.99. The highest BCUT2D eigenvalue weighted by Gasteiger charge is 2.21. The summed E-state index contributed by atoms with van der Waals surface area (Å²) in [6, 6.07) is 21.0. The number of anilines is 1. The molecule has 0 bridgehead atoms. The maximum absolute atomic E-state index is 12.5. The molecule has 150 valence electrons. The highest BCUT2D eigenvalue weighted by Crippen LogP contribution is 2.20. The molecule has 1 aromatic heterocycles. The molecule has 0 aliphatic carbocycles. The summed E-state index contributed by atoms with van der Waals surface area (Å²) in [6.45, 7) is 3.91. The summed E-state index contributed by atoms with van der Waals surface area (Å²) in [5, 5.41) is 9.12. The lowest BCUT2D eigenvalue weighted by molar-refractivity contribution is -0.136. The highest BCUT2D eigenvalue weighted by molar-refractivity contribution is 6.39. The van der Waals surface area contributed by atoms with Crippen LogP contribution in [0.25, 0.3) is 0 Å². The summed E-state index contributed by atoms with van der Waals surface area (Å²) in [4.78, 5) is 24.8. The first-order chi connectivity index (χ1) is 14.0. The number of aromatic nitrogens is 1. The third-order valence-electron chi connectivity index (χ3n) is 4.62. The second kappa shape index (κ2) is 9.68. The van der Waals surface area contributed by atoms with Crippen LogP contribution in [0.15, 0.2) is 71.3 Å². The first-order valence-electron chi connectivity index (χ1n) is 9.70. The molecule has 6 nitrogen and oxygen atoms in total. The molecule has 0 aliphatic heterocycles. The topological polar surface area (TPSA) is 84.2 Å². The van der Waals surface area contributed by atoms with E-state index in [-0.39, 0.29) is 17.8 Å². The minimum absolute atomic E-state index is 0.141. The van der Waals surface area contributed by atoms with Crippen molar-refractivity contribution in [2.75, 3.05) is 5.32 Å². The molecule has 0 saturated heterocycles. The van der Waals surface area contributed by atoms with Gasteiger partial charge < -0.3 is 9.84 Å². The Morgan fingerprint density at radius 1 is 0.966 bits per heavy atom. The summed E-state index contributed by atoms with van der Waals surface area (Å²) >= 11 is 0. The lowest BCUT2D eigenvalue weighted by Crippen LogP contribution is -2.38. The molecule has 0 radical (unpaired) electrons. The van der Waals surface area contributed by atoms with E-state index in [9.17, 15) is 9.59 Å². The van der Waals surface area contributed by atoms with E-state index >= 15 is 0 Å². The molecule has 0 fully saturated rings. The number of hydrogen-bond acceptors (Lipinski definition) is 4. The fourth-order valence-electron chi connectivity index (χ4n) is 2.98. The second-order valence-corrected chi connectivity index (χ2v) is 7.18. The van der Waals surface area contributed by atoms with Crippen molar-refractivity contribution in [2.45, 2.75) is 38.6 Å². The molecule has 3 rings (SSSR count). The number of hydrogen-bond donors (Lipinski definition) is 2. The molecular formula is C23H25N3O3. The maximum Gasteiger partial charge on any atom is 0.314 e. The van der Waals surface area contributed by atoms with Crippen LogP contribution in [0.4, 0.5) is 5.82 Å². The standard InChI is InChI=1S/C23H25N3O3/c1-16(2)20-15-21(26-29-20)25-23(28)22(27)24-19(18-11-7-4-8-12-18)14-13-17-9-5-3-6-10-17/h3-12,15-16,19H,13-14H2,1-2H3,(H,24,27)(H,25,26,28)/t19-/m0/s1. The molecule has 2 amide bonds. The predicted molar refractivity (Wildman–Crippen MR) is 111 cm³/mol. The average molecular weight is 391 g/mol. The van der Waals surface area contributed by atoms with E-state index in [1.54, 1.807) is 6.07 Å². The molecular weight excluding hydrogens is 366 g/mol. The normalized spacial score (nSPS) is 11.8. The van der Waals surface area contributed by atoms with Gasteiger partial charge in [-0.2, -0.15) is 0 Å². The maximum atomic E-state index is 12.5. The number of benzene rings is 2. The zero-order valence-electron chi connectivity index (χ0n) is 16.6. The molecule has 0 saturated carbocycles. The van der Waals surface area contributed by atoms with Crippen LogP contribution in [0.3, 0.4) is 0 Å². The summed E-state index contributed by atoms with van der Waals surface area (Å²) in [5.74, 6) is -0.460. The first-order valence-corrected chi connectivity index (χ1v) is 9.70. The Kier molecular flexibility index (Phi) is 6.79. The monoisotopic (exact) mass is 391 g/mol. The van der Waals surface area contributed by atoms with Crippen LogP contribution in [-0.4, -0.2) is 17.0 Å². The second-order valence-electron chi connectivity index (χ2n) is 7.18. The number of amides is 2. The Bertz CT molecular complexity index is 936. The Labute approximate surface area is 170 Å². The van der Waals surface area contributed by atoms with Gasteiger partial charge in [-0.25, -0.2) is 0 Å². The molecule has 0 aliphatic rings. The van der Waals surface area contributed by atoms with Gasteiger partial charge in [0.05, 0.1) is 6.04 Å². The first kappa shape index (κ1) is 20.3. The molecule has 6 heteroatoms. The number of nitrogens with one attached hydrogen (secondary N) is 2. The minimum atomic E-state index is -0.769. The third-order valence-corrected chi connectivity index (χ3v) is 4.62. The van der Waals surface area contributed by atoms with Crippen LogP contribution in [0.2, 0.25) is 0 Å². The van der Waals surface area contributed by atoms with Crippen molar-refractivity contribution < 1.29 is 14.1 Å². The Morgan fingerprint density at radius 2 is 1.62 bits per heavy atom. The Hall–Kier alpha value is -3.41. The van der Waals surface area contributed by atoms with Crippen molar-refractivity contribution in [1.82, 2.24) is 10.5 Å². The molecule has 0 spiro atoms. The summed E-state index contributed by atoms with van der Waals surface area (Å²) in [7, 11) is 0. The van der Waals surface area contributed by atoms with Gasteiger partial charge in [-0.15, -0.1) is 0 Å². The van der Waals surface area contributed by atoms with Crippen LogP contribution < -0.4 is 10.6 Å². The van der Waals surface area contributed by atoms with Crippen molar-refractivity contribution in [2.24, 2.45) is 0 Å². The summed E-state index contributed by atoms with van der Waals surface area (Å²) in [6.07, 6.45) is 1.46. The molecule has 2 N–H and O–H groups in total. The van der Waals surface area contributed by atoms with Gasteiger partial charge in [0.15, 0.2) is 5.82 Å². The van der Waals surface area contributed by atoms with E-state index in [0.29, 0.717) is 12.2 Å². The van der Waals surface area contributed by atoms with Crippen LogP contribution in [-0.2, 0) is 16.0 Å².